The Labute approximate surface area is 167 Å². The van der Waals surface area contributed by atoms with E-state index in [0.717, 1.165) is 57.3 Å². The number of nitrogens with one attached hydrogen (secondary N) is 1. The molecule has 1 fully saturated rings. The van der Waals surface area contributed by atoms with Crippen molar-refractivity contribution in [3.05, 3.63) is 59.2 Å². The van der Waals surface area contributed by atoms with Crippen molar-refractivity contribution >= 4 is 0 Å². The largest absolute Gasteiger partial charge is 0.493 e. The number of hydrogen-bond donors (Lipinski definition) is 1. The maximum Gasteiger partial charge on any atom is 0.161 e. The Kier molecular flexibility index (Phi) is 6.15. The van der Waals surface area contributed by atoms with E-state index in [2.05, 4.69) is 52.7 Å². The van der Waals surface area contributed by atoms with Crippen LogP contribution >= 0.6 is 0 Å². The van der Waals surface area contributed by atoms with Crippen molar-refractivity contribution in [2.45, 2.75) is 18.4 Å². The van der Waals surface area contributed by atoms with Gasteiger partial charge < -0.3 is 19.5 Å². The lowest BCUT2D eigenvalue weighted by Gasteiger charge is -2.38. The molecule has 1 N–H and O–H groups in total. The second-order valence-corrected chi connectivity index (χ2v) is 7.52. The molecule has 0 aromatic heterocycles. The van der Waals surface area contributed by atoms with Crippen molar-refractivity contribution in [2.75, 3.05) is 53.6 Å². The second kappa shape index (κ2) is 8.95. The standard InChI is InChI=1S/C23H30N2O3/c1-26-21-14-18-8-9-24-23(19(18)15-22(21)27-2)20(17-6-4-3-5-7-17)16-25-10-12-28-13-11-25/h3-7,14-15,20,23-24H,8-13,16H2,1-2H3. The van der Waals surface area contributed by atoms with Gasteiger partial charge in [0, 0.05) is 31.6 Å². The number of hydrogen-bond acceptors (Lipinski definition) is 5. The fraction of sp³-hybridized carbons (Fsp3) is 0.478. The summed E-state index contributed by atoms with van der Waals surface area (Å²) in [5.41, 5.74) is 4.05. The van der Waals surface area contributed by atoms with Crippen molar-refractivity contribution in [1.82, 2.24) is 10.2 Å². The van der Waals surface area contributed by atoms with Crippen LogP contribution in [-0.4, -0.2) is 58.5 Å². The molecule has 2 aliphatic rings. The molecule has 2 atom stereocenters. The minimum Gasteiger partial charge on any atom is -0.493 e. The molecule has 2 aromatic carbocycles. The van der Waals surface area contributed by atoms with E-state index in [0.29, 0.717) is 5.92 Å². The van der Waals surface area contributed by atoms with Crippen molar-refractivity contribution in [3.63, 3.8) is 0 Å². The molecule has 5 nitrogen and oxygen atoms in total. The van der Waals surface area contributed by atoms with E-state index in [1.807, 2.05) is 0 Å². The number of rotatable bonds is 6. The van der Waals surface area contributed by atoms with Crippen LogP contribution in [0.15, 0.2) is 42.5 Å². The molecule has 0 radical (unpaired) electrons. The normalized spacial score (nSPS) is 21.0. The first-order valence-corrected chi connectivity index (χ1v) is 10.1. The Hall–Kier alpha value is -2.08. The highest BCUT2D eigenvalue weighted by molar-refractivity contribution is 5.50. The number of fused-ring (bicyclic) bond motifs is 1. The van der Waals surface area contributed by atoms with Gasteiger partial charge in [0.05, 0.1) is 27.4 Å². The third kappa shape index (κ3) is 4.02. The summed E-state index contributed by atoms with van der Waals surface area (Å²) in [5.74, 6) is 1.97. The van der Waals surface area contributed by atoms with Gasteiger partial charge in [-0.15, -0.1) is 0 Å². The Morgan fingerprint density at radius 3 is 2.50 bits per heavy atom. The van der Waals surface area contributed by atoms with Crippen LogP contribution in [0, 0.1) is 0 Å². The molecule has 28 heavy (non-hydrogen) atoms. The summed E-state index contributed by atoms with van der Waals surface area (Å²) >= 11 is 0. The van der Waals surface area contributed by atoms with E-state index >= 15 is 0 Å². The molecule has 2 unspecified atom stereocenters. The Balaban J connectivity index is 1.70. The molecular weight excluding hydrogens is 352 g/mol. The van der Waals surface area contributed by atoms with Gasteiger partial charge in [-0.2, -0.15) is 0 Å². The van der Waals surface area contributed by atoms with Crippen LogP contribution in [-0.2, 0) is 11.2 Å². The van der Waals surface area contributed by atoms with Crippen molar-refractivity contribution in [3.8, 4) is 11.5 Å². The predicted molar refractivity (Wildman–Crippen MR) is 110 cm³/mol. The highest BCUT2D eigenvalue weighted by Crippen LogP contribution is 2.40. The quantitative estimate of drug-likeness (QED) is 0.832. The van der Waals surface area contributed by atoms with Gasteiger partial charge in [0.1, 0.15) is 0 Å². The summed E-state index contributed by atoms with van der Waals surface area (Å²) in [6, 6.07) is 15.4. The molecule has 0 amide bonds. The van der Waals surface area contributed by atoms with Gasteiger partial charge in [-0.1, -0.05) is 30.3 Å². The van der Waals surface area contributed by atoms with Crippen LogP contribution in [0.1, 0.15) is 28.7 Å². The molecule has 1 saturated heterocycles. The van der Waals surface area contributed by atoms with E-state index < -0.39 is 0 Å². The molecule has 5 heteroatoms. The Morgan fingerprint density at radius 2 is 1.79 bits per heavy atom. The molecule has 2 aromatic rings. The number of morpholine rings is 1. The first-order chi connectivity index (χ1) is 13.8. The molecule has 150 valence electrons. The zero-order valence-corrected chi connectivity index (χ0v) is 16.8. The molecule has 0 saturated carbocycles. The summed E-state index contributed by atoms with van der Waals surface area (Å²) < 4.78 is 16.7. The van der Waals surface area contributed by atoms with Crippen LogP contribution in [0.3, 0.4) is 0 Å². The van der Waals surface area contributed by atoms with Crippen LogP contribution in [0.2, 0.25) is 0 Å². The fourth-order valence-corrected chi connectivity index (χ4v) is 4.44. The highest BCUT2D eigenvalue weighted by atomic mass is 16.5. The average Bonchev–Trinajstić information content (AvgIpc) is 2.77. The maximum atomic E-state index is 5.61. The zero-order chi connectivity index (χ0) is 19.3. The lowest BCUT2D eigenvalue weighted by atomic mass is 9.81. The fourth-order valence-electron chi connectivity index (χ4n) is 4.44. The van der Waals surface area contributed by atoms with Crippen LogP contribution in [0.5, 0.6) is 11.5 Å². The van der Waals surface area contributed by atoms with Gasteiger partial charge in [0.15, 0.2) is 11.5 Å². The Bertz CT molecular complexity index is 775. The third-order valence-electron chi connectivity index (χ3n) is 5.93. The van der Waals surface area contributed by atoms with Gasteiger partial charge in [-0.05, 0) is 41.8 Å². The van der Waals surface area contributed by atoms with E-state index in [1.54, 1.807) is 14.2 Å². The van der Waals surface area contributed by atoms with Gasteiger partial charge in [-0.25, -0.2) is 0 Å². The highest BCUT2D eigenvalue weighted by Gasteiger charge is 2.32. The Morgan fingerprint density at radius 1 is 1.07 bits per heavy atom. The summed E-state index contributed by atoms with van der Waals surface area (Å²) in [7, 11) is 3.41. The number of ether oxygens (including phenoxy) is 3. The predicted octanol–water partition coefficient (Wildman–Crippen LogP) is 3.01. The van der Waals surface area contributed by atoms with Crippen LogP contribution in [0.25, 0.3) is 0 Å². The van der Waals surface area contributed by atoms with Gasteiger partial charge in [-0.3, -0.25) is 4.90 Å². The molecule has 0 spiro atoms. The lowest BCUT2D eigenvalue weighted by Crippen LogP contribution is -2.43. The van der Waals surface area contributed by atoms with Crippen molar-refractivity contribution in [2.24, 2.45) is 0 Å². The first-order valence-electron chi connectivity index (χ1n) is 10.1. The molecule has 2 heterocycles. The monoisotopic (exact) mass is 382 g/mol. The van der Waals surface area contributed by atoms with Crippen LogP contribution in [0.4, 0.5) is 0 Å². The van der Waals surface area contributed by atoms with Gasteiger partial charge >= 0.3 is 0 Å². The minimum absolute atomic E-state index is 0.244. The SMILES string of the molecule is COc1cc2c(cc1OC)C(C(CN1CCOCC1)c1ccccc1)NCC2. The van der Waals surface area contributed by atoms with Crippen molar-refractivity contribution in [1.29, 1.82) is 0 Å². The lowest BCUT2D eigenvalue weighted by molar-refractivity contribution is 0.0330. The summed E-state index contributed by atoms with van der Waals surface area (Å²) in [5, 5.41) is 3.80. The van der Waals surface area contributed by atoms with E-state index in [9.17, 15) is 0 Å². The summed E-state index contributed by atoms with van der Waals surface area (Å²) in [6.07, 6.45) is 1.01. The molecule has 0 aliphatic carbocycles. The average molecular weight is 383 g/mol. The minimum atomic E-state index is 0.244. The molecule has 2 aliphatic heterocycles. The number of benzene rings is 2. The topological polar surface area (TPSA) is 43.0 Å². The van der Waals surface area contributed by atoms with Gasteiger partial charge in [0.2, 0.25) is 0 Å². The first kappa shape index (κ1) is 19.2. The van der Waals surface area contributed by atoms with Gasteiger partial charge in [0.25, 0.3) is 0 Å². The summed E-state index contributed by atoms with van der Waals surface area (Å²) in [4.78, 5) is 2.53. The molecular formula is C23H30N2O3. The smallest absolute Gasteiger partial charge is 0.161 e. The molecule has 4 rings (SSSR count). The van der Waals surface area contributed by atoms with E-state index in [4.69, 9.17) is 14.2 Å². The van der Waals surface area contributed by atoms with E-state index in [1.165, 1.54) is 16.7 Å². The number of nitrogens with zero attached hydrogens (tertiary/aromatic N) is 1. The second-order valence-electron chi connectivity index (χ2n) is 7.52. The van der Waals surface area contributed by atoms with Crippen molar-refractivity contribution < 1.29 is 14.2 Å². The third-order valence-corrected chi connectivity index (χ3v) is 5.93. The zero-order valence-electron chi connectivity index (χ0n) is 16.8. The maximum absolute atomic E-state index is 5.61. The summed E-state index contributed by atoms with van der Waals surface area (Å²) in [6.45, 7) is 5.62. The van der Waals surface area contributed by atoms with E-state index in [-0.39, 0.29) is 6.04 Å². The van der Waals surface area contributed by atoms with Crippen LogP contribution < -0.4 is 14.8 Å². The number of methoxy groups -OCH3 is 2. The molecule has 0 bridgehead atoms.